The molecule has 0 spiro atoms. The lowest BCUT2D eigenvalue weighted by atomic mass is 10.2. The molecule has 3 aromatic rings. The van der Waals surface area contributed by atoms with Crippen LogP contribution in [-0.2, 0) is 16.1 Å². The van der Waals surface area contributed by atoms with Crippen LogP contribution in [0.5, 0.6) is 5.75 Å². The van der Waals surface area contributed by atoms with E-state index in [2.05, 4.69) is 9.72 Å². The van der Waals surface area contributed by atoms with Crippen LogP contribution in [-0.4, -0.2) is 17.6 Å². The average Bonchev–Trinajstić information content (AvgIpc) is 3.30. The molecule has 0 aliphatic rings. The highest BCUT2D eigenvalue weighted by atomic mass is 32.1. The number of esters is 1. The normalized spacial score (nSPS) is 11.2. The fourth-order valence-electron chi connectivity index (χ4n) is 2.01. The monoisotopic (exact) mass is 393 g/mol. The molecule has 0 unspecified atom stereocenters. The van der Waals surface area contributed by atoms with Crippen LogP contribution >= 0.6 is 22.7 Å². The Hall–Kier alpha value is -2.58. The number of aromatic nitrogens is 1. The van der Waals surface area contributed by atoms with Crippen LogP contribution in [0.25, 0.3) is 16.6 Å². The number of carbonyl (C=O) groups excluding carboxylic acids is 1. The molecule has 134 valence electrons. The molecular weight excluding hydrogens is 380 g/mol. The topological polar surface area (TPSA) is 48.4 Å². The number of alkyl halides is 2. The lowest BCUT2D eigenvalue weighted by molar-refractivity contribution is -0.139. The highest BCUT2D eigenvalue weighted by Crippen LogP contribution is 2.25. The van der Waals surface area contributed by atoms with Gasteiger partial charge in [-0.15, -0.1) is 11.3 Å². The maximum Gasteiger partial charge on any atom is 0.387 e. The van der Waals surface area contributed by atoms with Crippen LogP contribution < -0.4 is 4.74 Å². The standard InChI is InChI=1S/C18H13F2NO3S2/c19-18(20)24-15-4-1-12(2-5-15)3-6-16(22)23-9-14-11-26-17(21-14)13-7-8-25-10-13/h1-8,10-11,18H,9H2/b6-3+. The molecule has 0 aliphatic carbocycles. The first kappa shape index (κ1) is 18.2. The maximum atomic E-state index is 12.1. The number of nitrogens with zero attached hydrogens (tertiary/aromatic N) is 1. The van der Waals surface area contributed by atoms with E-state index in [0.29, 0.717) is 11.3 Å². The molecule has 0 radical (unpaired) electrons. The highest BCUT2D eigenvalue weighted by Gasteiger charge is 2.07. The van der Waals surface area contributed by atoms with Gasteiger partial charge in [0.05, 0.1) is 5.69 Å². The molecule has 0 saturated heterocycles. The fourth-order valence-corrected chi connectivity index (χ4v) is 3.53. The van der Waals surface area contributed by atoms with Crippen LogP contribution in [0.4, 0.5) is 8.78 Å². The van der Waals surface area contributed by atoms with Crippen LogP contribution in [0.2, 0.25) is 0 Å². The molecule has 0 aliphatic heterocycles. The van der Waals surface area contributed by atoms with Crippen molar-refractivity contribution in [2.24, 2.45) is 0 Å². The van der Waals surface area contributed by atoms with Crippen LogP contribution in [0.3, 0.4) is 0 Å². The number of thiazole rings is 1. The van der Waals surface area contributed by atoms with E-state index in [1.165, 1.54) is 35.6 Å². The van der Waals surface area contributed by atoms with Gasteiger partial charge in [-0.2, -0.15) is 20.1 Å². The molecule has 3 rings (SSSR count). The molecule has 0 atom stereocenters. The van der Waals surface area contributed by atoms with Gasteiger partial charge >= 0.3 is 12.6 Å². The van der Waals surface area contributed by atoms with E-state index in [4.69, 9.17) is 4.74 Å². The Bertz CT molecular complexity index is 874. The second-order valence-electron chi connectivity index (χ2n) is 5.04. The lowest BCUT2D eigenvalue weighted by Gasteiger charge is -2.03. The van der Waals surface area contributed by atoms with Gasteiger partial charge in [-0.1, -0.05) is 12.1 Å². The van der Waals surface area contributed by atoms with Crippen molar-refractivity contribution >= 4 is 34.7 Å². The molecule has 2 heterocycles. The first-order chi connectivity index (χ1) is 12.6. The Kier molecular flexibility index (Phi) is 6.08. The number of hydrogen-bond acceptors (Lipinski definition) is 6. The molecule has 0 bridgehead atoms. The van der Waals surface area contributed by atoms with Gasteiger partial charge in [0.25, 0.3) is 0 Å². The van der Waals surface area contributed by atoms with Crippen molar-refractivity contribution in [3.8, 4) is 16.3 Å². The average molecular weight is 393 g/mol. The van der Waals surface area contributed by atoms with E-state index in [1.807, 2.05) is 22.2 Å². The fraction of sp³-hybridized carbons (Fsp3) is 0.111. The summed E-state index contributed by atoms with van der Waals surface area (Å²) >= 11 is 3.09. The van der Waals surface area contributed by atoms with Gasteiger partial charge in [0.2, 0.25) is 0 Å². The van der Waals surface area contributed by atoms with Crippen molar-refractivity contribution in [1.82, 2.24) is 4.98 Å². The Labute approximate surface area is 156 Å². The smallest absolute Gasteiger partial charge is 0.387 e. The highest BCUT2D eigenvalue weighted by molar-refractivity contribution is 7.14. The summed E-state index contributed by atoms with van der Waals surface area (Å²) in [6.45, 7) is -2.78. The third-order valence-corrected chi connectivity index (χ3v) is 4.82. The minimum absolute atomic E-state index is 0.0599. The third-order valence-electron chi connectivity index (χ3n) is 3.20. The minimum atomic E-state index is -2.86. The Morgan fingerprint density at radius 3 is 2.69 bits per heavy atom. The summed E-state index contributed by atoms with van der Waals surface area (Å²) in [6, 6.07) is 7.92. The molecule has 0 amide bonds. The second kappa shape index (κ2) is 8.68. The van der Waals surface area contributed by atoms with Crippen molar-refractivity contribution in [2.45, 2.75) is 13.2 Å². The predicted molar refractivity (Wildman–Crippen MR) is 97.3 cm³/mol. The molecule has 0 fully saturated rings. The molecule has 8 heteroatoms. The summed E-state index contributed by atoms with van der Waals surface area (Å²) in [5.41, 5.74) is 2.40. The number of thiophene rings is 1. The van der Waals surface area contributed by atoms with Crippen LogP contribution in [0.15, 0.2) is 52.5 Å². The van der Waals surface area contributed by atoms with E-state index in [0.717, 1.165) is 10.6 Å². The largest absolute Gasteiger partial charge is 0.456 e. The third kappa shape index (κ3) is 5.21. The van der Waals surface area contributed by atoms with Crippen molar-refractivity contribution in [2.75, 3.05) is 0 Å². The lowest BCUT2D eigenvalue weighted by Crippen LogP contribution is -2.01. The van der Waals surface area contributed by atoms with Gasteiger partial charge in [-0.3, -0.25) is 0 Å². The van der Waals surface area contributed by atoms with Crippen molar-refractivity contribution < 1.29 is 23.0 Å². The molecule has 2 aromatic heterocycles. The molecule has 26 heavy (non-hydrogen) atoms. The van der Waals surface area contributed by atoms with E-state index < -0.39 is 12.6 Å². The quantitative estimate of drug-likeness (QED) is 0.407. The van der Waals surface area contributed by atoms with Gasteiger partial charge < -0.3 is 9.47 Å². The van der Waals surface area contributed by atoms with Crippen LogP contribution in [0, 0.1) is 0 Å². The summed E-state index contributed by atoms with van der Waals surface area (Å²) in [5, 5.41) is 6.73. The summed E-state index contributed by atoms with van der Waals surface area (Å²) < 4.78 is 33.6. The minimum Gasteiger partial charge on any atom is -0.456 e. The SMILES string of the molecule is O=C(/C=C/c1ccc(OC(F)F)cc1)OCc1csc(-c2ccsc2)n1. The van der Waals surface area contributed by atoms with E-state index in [1.54, 1.807) is 23.5 Å². The molecular formula is C18H13F2NO3S2. The van der Waals surface area contributed by atoms with E-state index >= 15 is 0 Å². The summed E-state index contributed by atoms with van der Waals surface area (Å²) in [5.74, 6) is -0.451. The van der Waals surface area contributed by atoms with Gasteiger partial charge in [0, 0.05) is 22.4 Å². The zero-order valence-corrected chi connectivity index (χ0v) is 14.9. The maximum absolute atomic E-state index is 12.1. The van der Waals surface area contributed by atoms with Crippen molar-refractivity contribution in [1.29, 1.82) is 0 Å². The van der Waals surface area contributed by atoms with E-state index in [9.17, 15) is 13.6 Å². The predicted octanol–water partition coefficient (Wildman–Crippen LogP) is 5.23. The number of benzene rings is 1. The summed E-state index contributed by atoms with van der Waals surface area (Å²) in [7, 11) is 0. The number of carbonyl (C=O) groups is 1. The van der Waals surface area contributed by atoms with Crippen molar-refractivity contribution in [3.05, 3.63) is 63.8 Å². The van der Waals surface area contributed by atoms with Gasteiger partial charge in [-0.25, -0.2) is 9.78 Å². The Morgan fingerprint density at radius 2 is 2.00 bits per heavy atom. The van der Waals surface area contributed by atoms with E-state index in [-0.39, 0.29) is 12.4 Å². The zero-order chi connectivity index (χ0) is 18.4. The van der Waals surface area contributed by atoms with Crippen LogP contribution in [0.1, 0.15) is 11.3 Å². The molecule has 1 aromatic carbocycles. The summed E-state index contributed by atoms with van der Waals surface area (Å²) in [4.78, 5) is 16.2. The van der Waals surface area contributed by atoms with Gasteiger partial charge in [0.1, 0.15) is 17.4 Å². The van der Waals surface area contributed by atoms with Crippen molar-refractivity contribution in [3.63, 3.8) is 0 Å². The number of hydrogen-bond donors (Lipinski definition) is 0. The Morgan fingerprint density at radius 1 is 1.19 bits per heavy atom. The number of halogens is 2. The number of ether oxygens (including phenoxy) is 2. The first-order valence-electron chi connectivity index (χ1n) is 7.47. The molecule has 4 nitrogen and oxygen atoms in total. The molecule has 0 N–H and O–H groups in total. The summed E-state index contributed by atoms with van der Waals surface area (Å²) in [6.07, 6.45) is 2.81. The number of rotatable bonds is 7. The second-order valence-corrected chi connectivity index (χ2v) is 6.68. The van der Waals surface area contributed by atoms with Gasteiger partial charge in [-0.05, 0) is 35.2 Å². The zero-order valence-electron chi connectivity index (χ0n) is 13.3. The first-order valence-corrected chi connectivity index (χ1v) is 9.29. The molecule has 0 saturated carbocycles. The Balaban J connectivity index is 1.50. The van der Waals surface area contributed by atoms with Gasteiger partial charge in [0.15, 0.2) is 0 Å².